The SMILES string of the molecule is O=C(NCc1ccsc1)C(=O)Nc1ccccc1C(F)(F)F. The third-order valence-electron chi connectivity index (χ3n) is 2.72. The third kappa shape index (κ3) is 4.08. The second kappa shape index (κ2) is 6.61. The second-order valence-corrected chi connectivity index (χ2v) is 5.09. The number of alkyl halides is 3. The van der Waals surface area contributed by atoms with Crippen LogP contribution in [0.1, 0.15) is 11.1 Å². The normalized spacial score (nSPS) is 11.0. The fourth-order valence-corrected chi connectivity index (χ4v) is 2.34. The molecule has 1 aromatic heterocycles. The predicted molar refractivity (Wildman–Crippen MR) is 76.2 cm³/mol. The van der Waals surface area contributed by atoms with Crippen molar-refractivity contribution in [1.82, 2.24) is 5.32 Å². The minimum Gasteiger partial charge on any atom is -0.344 e. The number of halogens is 3. The van der Waals surface area contributed by atoms with E-state index in [0.717, 1.165) is 17.7 Å². The average Bonchev–Trinajstić information content (AvgIpc) is 2.97. The van der Waals surface area contributed by atoms with Crippen molar-refractivity contribution in [3.05, 3.63) is 52.2 Å². The summed E-state index contributed by atoms with van der Waals surface area (Å²) >= 11 is 1.43. The number of rotatable bonds is 3. The Bertz CT molecular complexity index is 669. The van der Waals surface area contributed by atoms with Crippen molar-refractivity contribution in [2.45, 2.75) is 12.7 Å². The Morgan fingerprint density at radius 1 is 1.09 bits per heavy atom. The summed E-state index contributed by atoms with van der Waals surface area (Å²) in [4.78, 5) is 23.3. The van der Waals surface area contributed by atoms with E-state index in [2.05, 4.69) is 5.32 Å². The Kier molecular flexibility index (Phi) is 4.81. The number of hydrogen-bond donors (Lipinski definition) is 2. The molecule has 4 nitrogen and oxygen atoms in total. The number of amides is 2. The summed E-state index contributed by atoms with van der Waals surface area (Å²) in [5.74, 6) is -2.14. The third-order valence-corrected chi connectivity index (χ3v) is 3.45. The van der Waals surface area contributed by atoms with Crippen LogP contribution in [0.3, 0.4) is 0 Å². The van der Waals surface area contributed by atoms with E-state index in [-0.39, 0.29) is 6.54 Å². The largest absolute Gasteiger partial charge is 0.418 e. The highest BCUT2D eigenvalue weighted by atomic mass is 32.1. The summed E-state index contributed by atoms with van der Waals surface area (Å²) in [6.07, 6.45) is -4.61. The summed E-state index contributed by atoms with van der Waals surface area (Å²) in [7, 11) is 0. The lowest BCUT2D eigenvalue weighted by molar-refractivity contribution is -0.138. The molecule has 0 bridgehead atoms. The molecule has 2 N–H and O–H groups in total. The summed E-state index contributed by atoms with van der Waals surface area (Å²) in [6, 6.07) is 6.23. The first-order valence-electron chi connectivity index (χ1n) is 6.14. The maximum Gasteiger partial charge on any atom is 0.418 e. The highest BCUT2D eigenvalue weighted by molar-refractivity contribution is 7.07. The minimum atomic E-state index is -4.61. The van der Waals surface area contributed by atoms with E-state index in [1.165, 1.54) is 23.5 Å². The number of carbonyl (C=O) groups excluding carboxylic acids is 2. The molecule has 1 aromatic carbocycles. The molecule has 1 heterocycles. The zero-order chi connectivity index (χ0) is 16.2. The van der Waals surface area contributed by atoms with E-state index in [4.69, 9.17) is 0 Å². The summed E-state index contributed by atoms with van der Waals surface area (Å²) in [5.41, 5.74) is -0.651. The minimum absolute atomic E-state index is 0.136. The number of thiophene rings is 1. The molecule has 0 saturated carbocycles. The van der Waals surface area contributed by atoms with Gasteiger partial charge < -0.3 is 10.6 Å². The van der Waals surface area contributed by atoms with Crippen molar-refractivity contribution in [2.24, 2.45) is 0 Å². The molecule has 0 aliphatic carbocycles. The Balaban J connectivity index is 2.01. The molecule has 0 saturated heterocycles. The van der Waals surface area contributed by atoms with Gasteiger partial charge in [0.1, 0.15) is 0 Å². The van der Waals surface area contributed by atoms with Crippen LogP contribution in [0, 0.1) is 0 Å². The van der Waals surface area contributed by atoms with Crippen LogP contribution in [0.25, 0.3) is 0 Å². The van der Waals surface area contributed by atoms with E-state index >= 15 is 0 Å². The van der Waals surface area contributed by atoms with Crippen LogP contribution in [0.15, 0.2) is 41.1 Å². The van der Waals surface area contributed by atoms with Crippen molar-refractivity contribution in [3.63, 3.8) is 0 Å². The van der Waals surface area contributed by atoms with Gasteiger partial charge in [-0.05, 0) is 34.5 Å². The smallest absolute Gasteiger partial charge is 0.344 e. The average molecular weight is 328 g/mol. The van der Waals surface area contributed by atoms with Gasteiger partial charge in [-0.2, -0.15) is 24.5 Å². The highest BCUT2D eigenvalue weighted by Gasteiger charge is 2.33. The molecule has 0 spiro atoms. The first kappa shape index (κ1) is 16.0. The predicted octanol–water partition coefficient (Wildman–Crippen LogP) is 3.02. The monoisotopic (exact) mass is 328 g/mol. The van der Waals surface area contributed by atoms with Crippen LogP contribution in [-0.2, 0) is 22.3 Å². The van der Waals surface area contributed by atoms with Crippen LogP contribution < -0.4 is 10.6 Å². The quantitative estimate of drug-likeness (QED) is 0.851. The van der Waals surface area contributed by atoms with E-state index in [1.54, 1.807) is 16.8 Å². The van der Waals surface area contributed by atoms with Gasteiger partial charge in [-0.3, -0.25) is 9.59 Å². The van der Waals surface area contributed by atoms with Crippen molar-refractivity contribution in [2.75, 3.05) is 5.32 Å². The molecule has 0 aliphatic heterocycles. The van der Waals surface area contributed by atoms with Crippen LogP contribution >= 0.6 is 11.3 Å². The molecule has 2 rings (SSSR count). The van der Waals surface area contributed by atoms with E-state index in [1.807, 2.05) is 5.32 Å². The molecule has 116 valence electrons. The number of nitrogens with one attached hydrogen (secondary N) is 2. The first-order chi connectivity index (χ1) is 10.4. The molecule has 0 aliphatic rings. The maximum absolute atomic E-state index is 12.8. The molecular weight excluding hydrogens is 317 g/mol. The molecule has 0 unspecified atom stereocenters. The summed E-state index contributed by atoms with van der Waals surface area (Å²) < 4.78 is 38.3. The Morgan fingerprint density at radius 2 is 1.82 bits per heavy atom. The molecule has 22 heavy (non-hydrogen) atoms. The van der Waals surface area contributed by atoms with Gasteiger partial charge in [0.15, 0.2) is 0 Å². The van der Waals surface area contributed by atoms with Gasteiger partial charge in [0.25, 0.3) is 0 Å². The highest BCUT2D eigenvalue weighted by Crippen LogP contribution is 2.34. The molecule has 0 atom stereocenters. The van der Waals surface area contributed by atoms with Gasteiger partial charge in [0, 0.05) is 6.54 Å². The van der Waals surface area contributed by atoms with Crippen molar-refractivity contribution in [3.8, 4) is 0 Å². The molecular formula is C14H11F3N2O2S. The van der Waals surface area contributed by atoms with Crippen LogP contribution in [0.2, 0.25) is 0 Å². The lowest BCUT2D eigenvalue weighted by Gasteiger charge is -2.13. The van der Waals surface area contributed by atoms with Gasteiger partial charge in [-0.1, -0.05) is 12.1 Å². The zero-order valence-corrected chi connectivity index (χ0v) is 11.9. The number of para-hydroxylation sites is 1. The first-order valence-corrected chi connectivity index (χ1v) is 7.08. The molecule has 2 aromatic rings. The van der Waals surface area contributed by atoms with Crippen molar-refractivity contribution < 1.29 is 22.8 Å². The number of benzene rings is 1. The van der Waals surface area contributed by atoms with Crippen LogP contribution in [0.4, 0.5) is 18.9 Å². The summed E-state index contributed by atoms with van der Waals surface area (Å²) in [6.45, 7) is 0.136. The van der Waals surface area contributed by atoms with Gasteiger partial charge in [-0.15, -0.1) is 0 Å². The number of carbonyl (C=O) groups is 2. The van der Waals surface area contributed by atoms with E-state index < -0.39 is 29.2 Å². The van der Waals surface area contributed by atoms with E-state index in [9.17, 15) is 22.8 Å². The number of hydrogen-bond acceptors (Lipinski definition) is 3. The maximum atomic E-state index is 12.8. The molecule has 0 fully saturated rings. The van der Waals surface area contributed by atoms with Gasteiger partial charge in [-0.25, -0.2) is 0 Å². The summed E-state index contributed by atoms with van der Waals surface area (Å²) in [5, 5.41) is 7.91. The van der Waals surface area contributed by atoms with Crippen molar-refractivity contribution in [1.29, 1.82) is 0 Å². The lowest BCUT2D eigenvalue weighted by Crippen LogP contribution is -2.35. The Morgan fingerprint density at radius 3 is 2.45 bits per heavy atom. The Labute approximate surface area is 128 Å². The van der Waals surface area contributed by atoms with Gasteiger partial charge in [0.05, 0.1) is 11.3 Å². The zero-order valence-electron chi connectivity index (χ0n) is 11.1. The molecule has 8 heteroatoms. The molecule has 0 radical (unpaired) electrons. The second-order valence-electron chi connectivity index (χ2n) is 4.31. The fourth-order valence-electron chi connectivity index (χ4n) is 1.67. The van der Waals surface area contributed by atoms with Gasteiger partial charge in [0.2, 0.25) is 0 Å². The van der Waals surface area contributed by atoms with Crippen LogP contribution in [-0.4, -0.2) is 11.8 Å². The standard InChI is InChI=1S/C14H11F3N2O2S/c15-14(16,17)10-3-1-2-4-11(10)19-13(21)12(20)18-7-9-5-6-22-8-9/h1-6,8H,7H2,(H,18,20)(H,19,21). The molecule has 2 amide bonds. The van der Waals surface area contributed by atoms with Crippen molar-refractivity contribution >= 4 is 28.8 Å². The topological polar surface area (TPSA) is 58.2 Å². The lowest BCUT2D eigenvalue weighted by atomic mass is 10.1. The van der Waals surface area contributed by atoms with E-state index in [0.29, 0.717) is 0 Å². The van der Waals surface area contributed by atoms with Gasteiger partial charge >= 0.3 is 18.0 Å². The van der Waals surface area contributed by atoms with Crippen LogP contribution in [0.5, 0.6) is 0 Å². The number of anilines is 1. The Hall–Kier alpha value is -2.35. The fraction of sp³-hybridized carbons (Fsp3) is 0.143.